The summed E-state index contributed by atoms with van der Waals surface area (Å²) in [6.45, 7) is 0. The van der Waals surface area contributed by atoms with Gasteiger partial charge in [0.1, 0.15) is 11.5 Å². The number of rotatable bonds is 5. The molecular weight excluding hydrogens is 356 g/mol. The highest BCUT2D eigenvalue weighted by molar-refractivity contribution is 5.91. The minimum atomic E-state index is -1.04. The van der Waals surface area contributed by atoms with E-state index in [9.17, 15) is 9.90 Å². The van der Waals surface area contributed by atoms with E-state index in [-0.39, 0.29) is 5.69 Å². The number of methoxy groups -OCH3 is 2. The number of hydrogen-bond donors (Lipinski definition) is 2. The predicted molar refractivity (Wildman–Crippen MR) is 105 cm³/mol. The number of aromatic carboxylic acids is 1. The number of fused-ring (bicyclic) bond motifs is 1. The van der Waals surface area contributed by atoms with Crippen LogP contribution in [0.1, 0.15) is 32.9 Å². The summed E-state index contributed by atoms with van der Waals surface area (Å²) in [6, 6.07) is 15.9. The van der Waals surface area contributed by atoms with Gasteiger partial charge in [0.2, 0.25) is 0 Å². The number of nitrogens with one attached hydrogen (secondary N) is 1. The van der Waals surface area contributed by atoms with Crippen LogP contribution in [0.4, 0.5) is 0 Å². The molecule has 2 aromatic carbocycles. The van der Waals surface area contributed by atoms with E-state index < -0.39 is 11.4 Å². The highest BCUT2D eigenvalue weighted by Crippen LogP contribution is 2.42. The largest absolute Gasteiger partial charge is 0.497 e. The topological polar surface area (TPSA) is 84.4 Å². The maximum Gasteiger partial charge on any atom is 0.357 e. The number of carboxylic acid groups (broad SMARTS) is 1. The van der Waals surface area contributed by atoms with Crippen LogP contribution in [-0.2, 0) is 11.8 Å². The molecule has 6 nitrogen and oxygen atoms in total. The summed E-state index contributed by atoms with van der Waals surface area (Å²) in [5.74, 6) is 0.524. The summed E-state index contributed by atoms with van der Waals surface area (Å²) in [6.07, 6.45) is 4.47. The zero-order chi connectivity index (χ0) is 19.7. The van der Waals surface area contributed by atoms with Gasteiger partial charge in [-0.15, -0.1) is 0 Å². The van der Waals surface area contributed by atoms with Gasteiger partial charge in [-0.2, -0.15) is 5.10 Å². The van der Waals surface area contributed by atoms with Crippen LogP contribution in [0.3, 0.4) is 0 Å². The van der Waals surface area contributed by atoms with Crippen molar-refractivity contribution in [2.24, 2.45) is 0 Å². The van der Waals surface area contributed by atoms with E-state index in [4.69, 9.17) is 9.47 Å². The Labute approximate surface area is 162 Å². The number of ether oxygens (including phenoxy) is 2. The van der Waals surface area contributed by atoms with Gasteiger partial charge in [0.15, 0.2) is 5.69 Å². The summed E-state index contributed by atoms with van der Waals surface area (Å²) in [4.78, 5) is 11.4. The normalized spacial score (nSPS) is 14.4. The summed E-state index contributed by atoms with van der Waals surface area (Å²) in [5.41, 5.74) is 3.16. The second-order valence-electron chi connectivity index (χ2n) is 6.71. The average Bonchev–Trinajstić information content (AvgIpc) is 3.17. The Morgan fingerprint density at radius 2 is 1.54 bits per heavy atom. The predicted octanol–water partition coefficient (Wildman–Crippen LogP) is 3.68. The van der Waals surface area contributed by atoms with Gasteiger partial charge in [0, 0.05) is 23.1 Å². The standard InChI is InChI=1S/C22H20N2O4/c1-27-16-7-3-14(4-8-16)22(15-5-9-17(28-2)10-6-15)12-11-18-19(13-22)23-24-20(18)21(25)26/h3-12H,13H2,1-2H3,(H,23,24)(H,25,26). The first-order valence-electron chi connectivity index (χ1n) is 8.86. The van der Waals surface area contributed by atoms with Crippen molar-refractivity contribution in [1.82, 2.24) is 10.2 Å². The maximum absolute atomic E-state index is 11.4. The summed E-state index contributed by atoms with van der Waals surface area (Å²) in [7, 11) is 3.28. The third kappa shape index (κ3) is 2.83. The van der Waals surface area contributed by atoms with Crippen molar-refractivity contribution in [3.05, 3.63) is 82.7 Å². The minimum absolute atomic E-state index is 0.0457. The van der Waals surface area contributed by atoms with Crippen LogP contribution in [0, 0.1) is 0 Å². The third-order valence-corrected chi connectivity index (χ3v) is 5.29. The van der Waals surface area contributed by atoms with Crippen molar-refractivity contribution in [1.29, 1.82) is 0 Å². The molecule has 3 aromatic rings. The van der Waals surface area contributed by atoms with E-state index in [2.05, 4.69) is 16.3 Å². The van der Waals surface area contributed by atoms with E-state index in [1.54, 1.807) is 14.2 Å². The van der Waals surface area contributed by atoms with Gasteiger partial charge in [-0.1, -0.05) is 36.4 Å². The first-order chi connectivity index (χ1) is 13.6. The number of benzene rings is 2. The summed E-state index contributed by atoms with van der Waals surface area (Å²) >= 11 is 0. The quantitative estimate of drug-likeness (QED) is 0.710. The Balaban J connectivity index is 1.86. The number of nitrogens with zero attached hydrogens (tertiary/aromatic N) is 1. The van der Waals surface area contributed by atoms with E-state index >= 15 is 0 Å². The Kier molecular flexibility index (Phi) is 4.39. The molecule has 1 aliphatic carbocycles. The van der Waals surface area contributed by atoms with Crippen molar-refractivity contribution in [2.75, 3.05) is 14.2 Å². The molecule has 6 heteroatoms. The fourth-order valence-electron chi connectivity index (χ4n) is 3.77. The van der Waals surface area contributed by atoms with Gasteiger partial charge >= 0.3 is 5.97 Å². The zero-order valence-electron chi connectivity index (χ0n) is 15.6. The van der Waals surface area contributed by atoms with Crippen LogP contribution in [0.25, 0.3) is 6.08 Å². The molecule has 4 rings (SSSR count). The van der Waals surface area contributed by atoms with Crippen molar-refractivity contribution in [2.45, 2.75) is 11.8 Å². The average molecular weight is 376 g/mol. The molecule has 28 heavy (non-hydrogen) atoms. The summed E-state index contributed by atoms with van der Waals surface area (Å²) < 4.78 is 10.6. The van der Waals surface area contributed by atoms with Crippen LogP contribution in [0.15, 0.2) is 54.6 Å². The first kappa shape index (κ1) is 17.9. The third-order valence-electron chi connectivity index (χ3n) is 5.29. The molecule has 0 spiro atoms. The number of hydrogen-bond acceptors (Lipinski definition) is 4. The number of allylic oxidation sites excluding steroid dienone is 1. The van der Waals surface area contributed by atoms with Gasteiger partial charge < -0.3 is 14.6 Å². The number of aromatic amines is 1. The lowest BCUT2D eigenvalue weighted by Gasteiger charge is -2.34. The second kappa shape index (κ2) is 6.88. The van der Waals surface area contributed by atoms with Crippen LogP contribution in [0.2, 0.25) is 0 Å². The molecule has 0 aliphatic heterocycles. The van der Waals surface area contributed by atoms with Gasteiger partial charge in [-0.05, 0) is 35.4 Å². The SMILES string of the molecule is COc1ccc(C2(c3ccc(OC)cc3)C=Cc3c(C(=O)O)n[nH]c3C2)cc1. The zero-order valence-corrected chi connectivity index (χ0v) is 15.6. The smallest absolute Gasteiger partial charge is 0.357 e. The molecule has 142 valence electrons. The molecule has 0 saturated heterocycles. The number of aromatic nitrogens is 2. The van der Waals surface area contributed by atoms with Crippen molar-refractivity contribution >= 4 is 12.0 Å². The maximum atomic E-state index is 11.4. The Hall–Kier alpha value is -3.54. The fourth-order valence-corrected chi connectivity index (χ4v) is 3.77. The molecule has 0 unspecified atom stereocenters. The van der Waals surface area contributed by atoms with Crippen molar-refractivity contribution in [3.8, 4) is 11.5 Å². The van der Waals surface area contributed by atoms with Crippen LogP contribution < -0.4 is 9.47 Å². The van der Waals surface area contributed by atoms with Gasteiger partial charge in [0.05, 0.1) is 14.2 Å². The highest BCUT2D eigenvalue weighted by Gasteiger charge is 2.37. The van der Waals surface area contributed by atoms with E-state index in [1.165, 1.54) is 0 Å². The second-order valence-corrected chi connectivity index (χ2v) is 6.71. The molecule has 1 heterocycles. The van der Waals surface area contributed by atoms with Gasteiger partial charge in [-0.25, -0.2) is 4.79 Å². The lowest BCUT2D eigenvalue weighted by atomic mass is 9.68. The molecule has 1 aliphatic rings. The molecular formula is C22H20N2O4. The first-order valence-corrected chi connectivity index (χ1v) is 8.86. The lowest BCUT2D eigenvalue weighted by Crippen LogP contribution is -2.30. The summed E-state index contributed by atoms with van der Waals surface area (Å²) in [5, 5.41) is 16.3. The Morgan fingerprint density at radius 1 is 1.00 bits per heavy atom. The van der Waals surface area contributed by atoms with Crippen molar-refractivity contribution in [3.63, 3.8) is 0 Å². The van der Waals surface area contributed by atoms with Gasteiger partial charge in [0.25, 0.3) is 0 Å². The van der Waals surface area contributed by atoms with Crippen LogP contribution >= 0.6 is 0 Å². The van der Waals surface area contributed by atoms with Crippen LogP contribution in [0.5, 0.6) is 11.5 Å². The number of carbonyl (C=O) groups is 1. The highest BCUT2D eigenvalue weighted by atomic mass is 16.5. The van der Waals surface area contributed by atoms with E-state index in [0.717, 1.165) is 28.3 Å². The number of H-pyrrole nitrogens is 1. The monoisotopic (exact) mass is 376 g/mol. The molecule has 2 N–H and O–H groups in total. The minimum Gasteiger partial charge on any atom is -0.497 e. The Morgan fingerprint density at radius 3 is 2.00 bits per heavy atom. The molecule has 0 atom stereocenters. The molecule has 0 fully saturated rings. The molecule has 0 radical (unpaired) electrons. The van der Waals surface area contributed by atoms with E-state index in [0.29, 0.717) is 12.0 Å². The molecule has 0 saturated carbocycles. The molecule has 0 bridgehead atoms. The van der Waals surface area contributed by atoms with Crippen molar-refractivity contribution < 1.29 is 19.4 Å². The fraction of sp³-hybridized carbons (Fsp3) is 0.182. The lowest BCUT2D eigenvalue weighted by molar-refractivity contribution is 0.0690. The Bertz CT molecular complexity index is 986. The van der Waals surface area contributed by atoms with E-state index in [1.807, 2.05) is 54.6 Å². The molecule has 1 aromatic heterocycles. The van der Waals surface area contributed by atoms with Gasteiger partial charge in [-0.3, -0.25) is 5.10 Å². The molecule has 0 amide bonds. The number of carboxylic acids is 1. The van der Waals surface area contributed by atoms with Crippen LogP contribution in [-0.4, -0.2) is 35.5 Å².